The highest BCUT2D eigenvalue weighted by atomic mass is 35.5. The van der Waals surface area contributed by atoms with Crippen molar-refractivity contribution in [2.24, 2.45) is 0 Å². The second kappa shape index (κ2) is 6.40. The van der Waals surface area contributed by atoms with Gasteiger partial charge < -0.3 is 0 Å². The quantitative estimate of drug-likeness (QED) is 0.701. The summed E-state index contributed by atoms with van der Waals surface area (Å²) in [6, 6.07) is 11.7. The zero-order valence-electron chi connectivity index (χ0n) is 13.5. The maximum Gasteiger partial charge on any atom is 0.154 e. The number of benzene rings is 1. The Morgan fingerprint density at radius 1 is 1.12 bits per heavy atom. The fourth-order valence-corrected chi connectivity index (χ4v) is 4.46. The average Bonchev–Trinajstić information content (AvgIpc) is 3.00. The molecule has 3 heterocycles. The Morgan fingerprint density at radius 2 is 1.92 bits per heavy atom. The molecule has 1 aliphatic rings. The lowest BCUT2D eigenvalue weighted by Gasteiger charge is -2.26. The molecular formula is C17H17ClN4O2S. The van der Waals surface area contributed by atoms with Gasteiger partial charge in [-0.05, 0) is 23.8 Å². The van der Waals surface area contributed by atoms with Crippen LogP contribution in [0.4, 0.5) is 0 Å². The van der Waals surface area contributed by atoms with Gasteiger partial charge in [0.2, 0.25) is 0 Å². The van der Waals surface area contributed by atoms with Crippen LogP contribution in [-0.4, -0.2) is 52.5 Å². The molecular weight excluding hydrogens is 360 g/mol. The van der Waals surface area contributed by atoms with Crippen LogP contribution >= 0.6 is 11.6 Å². The molecule has 4 rings (SSSR count). The Kier molecular flexibility index (Phi) is 4.23. The van der Waals surface area contributed by atoms with Crippen LogP contribution in [0.25, 0.3) is 16.9 Å². The van der Waals surface area contributed by atoms with Crippen LogP contribution < -0.4 is 0 Å². The van der Waals surface area contributed by atoms with Gasteiger partial charge in [-0.2, -0.15) is 5.10 Å². The highest BCUT2D eigenvalue weighted by Gasteiger charge is 2.21. The highest BCUT2D eigenvalue weighted by molar-refractivity contribution is 7.91. The van der Waals surface area contributed by atoms with E-state index in [4.69, 9.17) is 11.6 Å². The number of nitrogens with zero attached hydrogens (tertiary/aromatic N) is 4. The van der Waals surface area contributed by atoms with Gasteiger partial charge in [-0.3, -0.25) is 4.90 Å². The molecule has 0 spiro atoms. The minimum atomic E-state index is -2.85. The molecule has 1 saturated heterocycles. The first-order valence-electron chi connectivity index (χ1n) is 8.03. The third kappa shape index (κ3) is 3.53. The lowest BCUT2D eigenvalue weighted by molar-refractivity contribution is 0.288. The van der Waals surface area contributed by atoms with E-state index in [0.717, 1.165) is 29.0 Å². The minimum Gasteiger partial charge on any atom is -0.297 e. The van der Waals surface area contributed by atoms with Crippen molar-refractivity contribution < 1.29 is 8.42 Å². The first kappa shape index (κ1) is 16.5. The predicted molar refractivity (Wildman–Crippen MR) is 97.4 cm³/mol. The van der Waals surface area contributed by atoms with E-state index in [2.05, 4.69) is 27.1 Å². The zero-order valence-corrected chi connectivity index (χ0v) is 15.0. The summed E-state index contributed by atoms with van der Waals surface area (Å²) in [6.45, 7) is 1.90. The van der Waals surface area contributed by atoms with E-state index in [1.54, 1.807) is 16.8 Å². The monoisotopic (exact) mass is 376 g/mol. The Bertz CT molecular complexity index is 1020. The molecule has 1 aromatic carbocycles. The molecule has 0 radical (unpaired) electrons. The van der Waals surface area contributed by atoms with Crippen molar-refractivity contribution in [2.75, 3.05) is 24.6 Å². The molecule has 0 atom stereocenters. The fourth-order valence-electron chi connectivity index (χ4n) is 3.04. The van der Waals surface area contributed by atoms with Crippen LogP contribution in [0.5, 0.6) is 0 Å². The van der Waals surface area contributed by atoms with Crippen molar-refractivity contribution in [3.63, 3.8) is 0 Å². The molecule has 3 aromatic rings. The highest BCUT2D eigenvalue weighted by Crippen LogP contribution is 2.23. The molecule has 6 nitrogen and oxygen atoms in total. The summed E-state index contributed by atoms with van der Waals surface area (Å²) < 4.78 is 24.8. The molecule has 0 bridgehead atoms. The Labute approximate surface area is 151 Å². The normalized spacial score (nSPS) is 17.8. The topological polar surface area (TPSA) is 67.6 Å². The van der Waals surface area contributed by atoms with Crippen LogP contribution in [0.3, 0.4) is 0 Å². The molecule has 8 heteroatoms. The smallest absolute Gasteiger partial charge is 0.154 e. The van der Waals surface area contributed by atoms with E-state index in [1.165, 1.54) is 0 Å². The lowest BCUT2D eigenvalue weighted by Crippen LogP contribution is -2.39. The molecule has 1 aliphatic heterocycles. The van der Waals surface area contributed by atoms with Crippen LogP contribution in [0, 0.1) is 0 Å². The standard InChI is InChI=1S/C17H17ClN4O2S/c18-16-4-5-17-19-11-15(22(17)20-16)14-3-1-2-13(10-14)12-21-6-8-25(23,24)9-7-21/h1-5,10-11H,6-9,12H2. The minimum absolute atomic E-state index is 0.238. The van der Waals surface area contributed by atoms with Crippen molar-refractivity contribution >= 4 is 27.1 Å². The lowest BCUT2D eigenvalue weighted by atomic mass is 10.1. The van der Waals surface area contributed by atoms with Crippen LogP contribution in [0.1, 0.15) is 5.56 Å². The third-order valence-corrected chi connectivity index (χ3v) is 6.21. The van der Waals surface area contributed by atoms with Gasteiger partial charge >= 0.3 is 0 Å². The second-order valence-corrected chi connectivity index (χ2v) is 8.89. The van der Waals surface area contributed by atoms with Crippen molar-refractivity contribution in [1.29, 1.82) is 0 Å². The Balaban J connectivity index is 1.60. The number of hydrogen-bond acceptors (Lipinski definition) is 5. The summed E-state index contributed by atoms with van der Waals surface area (Å²) in [5, 5.41) is 4.73. The fraction of sp³-hybridized carbons (Fsp3) is 0.294. The second-order valence-electron chi connectivity index (χ2n) is 6.20. The van der Waals surface area contributed by atoms with Gasteiger partial charge in [-0.1, -0.05) is 29.8 Å². The predicted octanol–water partition coefficient (Wildman–Crippen LogP) is 2.28. The van der Waals surface area contributed by atoms with E-state index in [9.17, 15) is 8.42 Å². The number of hydrogen-bond donors (Lipinski definition) is 0. The largest absolute Gasteiger partial charge is 0.297 e. The van der Waals surface area contributed by atoms with Crippen molar-refractivity contribution in [3.8, 4) is 11.3 Å². The molecule has 2 aromatic heterocycles. The molecule has 0 amide bonds. The van der Waals surface area contributed by atoms with Gasteiger partial charge in [-0.15, -0.1) is 0 Å². The van der Waals surface area contributed by atoms with Crippen molar-refractivity contribution in [1.82, 2.24) is 19.5 Å². The Morgan fingerprint density at radius 3 is 2.72 bits per heavy atom. The maximum absolute atomic E-state index is 11.6. The van der Waals surface area contributed by atoms with E-state index in [-0.39, 0.29) is 11.5 Å². The summed E-state index contributed by atoms with van der Waals surface area (Å²) in [5.74, 6) is 0.477. The summed E-state index contributed by atoms with van der Waals surface area (Å²) in [5.41, 5.74) is 3.75. The van der Waals surface area contributed by atoms with E-state index in [0.29, 0.717) is 18.2 Å². The maximum atomic E-state index is 11.6. The van der Waals surface area contributed by atoms with Crippen LogP contribution in [-0.2, 0) is 16.4 Å². The van der Waals surface area contributed by atoms with Gasteiger partial charge in [0.25, 0.3) is 0 Å². The number of sulfone groups is 1. The Hall–Kier alpha value is -1.96. The van der Waals surface area contributed by atoms with Gasteiger partial charge in [0.05, 0.1) is 23.4 Å². The summed E-state index contributed by atoms with van der Waals surface area (Å²) in [6.07, 6.45) is 1.78. The molecule has 25 heavy (non-hydrogen) atoms. The number of fused-ring (bicyclic) bond motifs is 1. The average molecular weight is 377 g/mol. The summed E-state index contributed by atoms with van der Waals surface area (Å²) >= 11 is 6.00. The first-order chi connectivity index (χ1) is 12.0. The van der Waals surface area contributed by atoms with Crippen LogP contribution in [0.2, 0.25) is 5.15 Å². The van der Waals surface area contributed by atoms with Crippen LogP contribution in [0.15, 0.2) is 42.6 Å². The summed E-state index contributed by atoms with van der Waals surface area (Å²) in [4.78, 5) is 6.53. The molecule has 0 saturated carbocycles. The summed E-state index contributed by atoms with van der Waals surface area (Å²) in [7, 11) is -2.85. The number of rotatable bonds is 3. The number of imidazole rings is 1. The third-order valence-electron chi connectivity index (χ3n) is 4.40. The van der Waals surface area contributed by atoms with E-state index < -0.39 is 9.84 Å². The molecule has 0 unspecified atom stereocenters. The first-order valence-corrected chi connectivity index (χ1v) is 10.2. The van der Waals surface area contributed by atoms with Gasteiger partial charge in [-0.25, -0.2) is 17.9 Å². The van der Waals surface area contributed by atoms with Crippen molar-refractivity contribution in [3.05, 3.63) is 53.3 Å². The van der Waals surface area contributed by atoms with Crippen molar-refractivity contribution in [2.45, 2.75) is 6.54 Å². The number of halogens is 1. The molecule has 0 aliphatic carbocycles. The van der Waals surface area contributed by atoms with E-state index >= 15 is 0 Å². The van der Waals surface area contributed by atoms with Gasteiger partial charge in [0.1, 0.15) is 5.15 Å². The zero-order chi connectivity index (χ0) is 17.4. The van der Waals surface area contributed by atoms with Gasteiger partial charge in [0, 0.05) is 25.2 Å². The van der Waals surface area contributed by atoms with Gasteiger partial charge in [0.15, 0.2) is 15.5 Å². The molecule has 1 fully saturated rings. The molecule has 0 N–H and O–H groups in total. The number of aromatic nitrogens is 3. The van der Waals surface area contributed by atoms with E-state index in [1.807, 2.05) is 18.2 Å². The SMILES string of the molecule is O=S1(=O)CCN(Cc2cccc(-c3cnc4ccc(Cl)nn34)c2)CC1. The molecule has 130 valence electrons.